The molecular weight excluding hydrogens is 350 g/mol. The van der Waals surface area contributed by atoms with Gasteiger partial charge in [0, 0.05) is 6.54 Å². The quantitative estimate of drug-likeness (QED) is 0.341. The van der Waals surface area contributed by atoms with Crippen molar-refractivity contribution in [1.82, 2.24) is 5.32 Å². The minimum Gasteiger partial charge on any atom is -0.491 e. The molecule has 1 atom stereocenters. The van der Waals surface area contributed by atoms with Crippen LogP contribution in [0.1, 0.15) is 40.2 Å². The Bertz CT molecular complexity index is 653. The molecule has 0 aliphatic rings. The van der Waals surface area contributed by atoms with Gasteiger partial charge in [0.15, 0.2) is 8.32 Å². The monoisotopic (exact) mass is 387 g/mol. The van der Waals surface area contributed by atoms with E-state index in [4.69, 9.17) is 15.6 Å². The fourth-order valence-electron chi connectivity index (χ4n) is 2.30. The van der Waals surface area contributed by atoms with Crippen LogP contribution < -0.4 is 10.1 Å². The van der Waals surface area contributed by atoms with Crippen molar-refractivity contribution in [3.63, 3.8) is 0 Å². The van der Waals surface area contributed by atoms with Gasteiger partial charge in [0.05, 0.1) is 11.6 Å². The van der Waals surface area contributed by atoms with E-state index < -0.39 is 8.32 Å². The van der Waals surface area contributed by atoms with Crippen LogP contribution in [0, 0.1) is 12.3 Å². The normalized spacial score (nSPS) is 13.7. The molecule has 1 N–H and O–H groups in total. The highest BCUT2D eigenvalue weighted by molar-refractivity contribution is 6.74. The molecule has 0 radical (unpaired) electrons. The number of nitrogens with one attached hydrogen (secondary N) is 1. The Morgan fingerprint density at radius 1 is 1.22 bits per heavy atom. The second-order valence-electron chi connectivity index (χ2n) is 9.06. The van der Waals surface area contributed by atoms with Crippen molar-refractivity contribution in [2.24, 2.45) is 0 Å². The minimum atomic E-state index is -1.93. The SMILES string of the molecule is C#CC(C)(C)NCC(COc1ccccc1CC=C)O[Si](C)(C)C(C)(C)C. The van der Waals surface area contributed by atoms with Crippen LogP contribution in [0.5, 0.6) is 5.75 Å². The average Bonchev–Trinajstić information content (AvgIpc) is 2.57. The van der Waals surface area contributed by atoms with Gasteiger partial charge in [-0.05, 0) is 50.0 Å². The minimum absolute atomic E-state index is 0.0738. The van der Waals surface area contributed by atoms with Crippen LogP contribution >= 0.6 is 0 Å². The summed E-state index contributed by atoms with van der Waals surface area (Å²) in [5.74, 6) is 3.67. The summed E-state index contributed by atoms with van der Waals surface area (Å²) in [6.45, 7) is 20.2. The number of para-hydroxylation sites is 1. The number of rotatable bonds is 10. The maximum atomic E-state index is 6.63. The predicted molar refractivity (Wildman–Crippen MR) is 119 cm³/mol. The Morgan fingerprint density at radius 3 is 2.41 bits per heavy atom. The molecular formula is C23H37NO2Si. The first-order valence-electron chi connectivity index (χ1n) is 9.64. The van der Waals surface area contributed by atoms with Crippen molar-refractivity contribution in [3.05, 3.63) is 42.5 Å². The Balaban J connectivity index is 2.91. The van der Waals surface area contributed by atoms with Crippen LogP contribution in [0.25, 0.3) is 0 Å². The molecule has 0 saturated carbocycles. The molecule has 0 amide bonds. The zero-order valence-corrected chi connectivity index (χ0v) is 19.2. The summed E-state index contributed by atoms with van der Waals surface area (Å²) in [5, 5.41) is 3.56. The van der Waals surface area contributed by atoms with Gasteiger partial charge in [-0.2, -0.15) is 0 Å². The first kappa shape index (κ1) is 23.5. The first-order chi connectivity index (χ1) is 12.4. The molecule has 0 aromatic heterocycles. The van der Waals surface area contributed by atoms with Crippen molar-refractivity contribution >= 4 is 8.32 Å². The Labute approximate surface area is 167 Å². The zero-order valence-electron chi connectivity index (χ0n) is 18.2. The molecule has 0 saturated heterocycles. The van der Waals surface area contributed by atoms with Crippen molar-refractivity contribution < 1.29 is 9.16 Å². The van der Waals surface area contributed by atoms with E-state index in [1.54, 1.807) is 0 Å². The van der Waals surface area contributed by atoms with Crippen LogP contribution in [0.3, 0.4) is 0 Å². The number of ether oxygens (including phenoxy) is 1. The van der Waals surface area contributed by atoms with Gasteiger partial charge >= 0.3 is 0 Å². The Kier molecular flexibility index (Phi) is 8.35. The molecule has 1 rings (SSSR count). The lowest BCUT2D eigenvalue weighted by Gasteiger charge is -2.39. The van der Waals surface area contributed by atoms with E-state index in [2.05, 4.69) is 57.7 Å². The fourth-order valence-corrected chi connectivity index (χ4v) is 3.64. The largest absolute Gasteiger partial charge is 0.491 e. The third kappa shape index (κ3) is 7.54. The summed E-state index contributed by atoms with van der Waals surface area (Å²) in [5.41, 5.74) is 0.756. The van der Waals surface area contributed by atoms with Gasteiger partial charge in [0.2, 0.25) is 0 Å². The van der Waals surface area contributed by atoms with Crippen LogP contribution in [-0.2, 0) is 10.8 Å². The summed E-state index contributed by atoms with van der Waals surface area (Å²) in [6, 6.07) is 8.08. The van der Waals surface area contributed by atoms with Crippen LogP contribution in [0.15, 0.2) is 36.9 Å². The lowest BCUT2D eigenvalue weighted by molar-refractivity contribution is 0.109. The molecule has 1 aromatic rings. The summed E-state index contributed by atoms with van der Waals surface area (Å²) < 4.78 is 12.8. The Hall–Kier alpha value is -1.54. The van der Waals surface area contributed by atoms with Crippen LogP contribution in [0.2, 0.25) is 18.1 Å². The van der Waals surface area contributed by atoms with Gasteiger partial charge in [-0.15, -0.1) is 13.0 Å². The lowest BCUT2D eigenvalue weighted by atomic mass is 10.1. The summed E-state index contributed by atoms with van der Waals surface area (Å²) in [4.78, 5) is 0. The fraction of sp³-hybridized carbons (Fsp3) is 0.565. The third-order valence-electron chi connectivity index (χ3n) is 5.16. The van der Waals surface area contributed by atoms with E-state index in [0.717, 1.165) is 17.7 Å². The molecule has 0 aliphatic carbocycles. The molecule has 0 spiro atoms. The highest BCUT2D eigenvalue weighted by atomic mass is 28.4. The zero-order chi connectivity index (χ0) is 20.7. The van der Waals surface area contributed by atoms with E-state index >= 15 is 0 Å². The number of hydrogen-bond donors (Lipinski definition) is 1. The molecule has 27 heavy (non-hydrogen) atoms. The van der Waals surface area contributed by atoms with Gasteiger partial charge in [-0.3, -0.25) is 5.32 Å². The maximum absolute atomic E-state index is 6.63. The highest BCUT2D eigenvalue weighted by Crippen LogP contribution is 2.37. The van der Waals surface area contributed by atoms with Crippen LogP contribution in [0.4, 0.5) is 0 Å². The Morgan fingerprint density at radius 2 is 1.85 bits per heavy atom. The van der Waals surface area contributed by atoms with E-state index in [9.17, 15) is 0 Å². The van der Waals surface area contributed by atoms with E-state index in [-0.39, 0.29) is 16.7 Å². The molecule has 0 bridgehead atoms. The molecule has 3 nitrogen and oxygen atoms in total. The molecule has 1 unspecified atom stereocenters. The second-order valence-corrected chi connectivity index (χ2v) is 13.8. The van der Waals surface area contributed by atoms with E-state index in [0.29, 0.717) is 13.2 Å². The lowest BCUT2D eigenvalue weighted by Crippen LogP contribution is -2.51. The summed E-state index contributed by atoms with van der Waals surface area (Å²) in [7, 11) is -1.93. The van der Waals surface area contributed by atoms with E-state index in [1.165, 1.54) is 0 Å². The van der Waals surface area contributed by atoms with Gasteiger partial charge in [0.25, 0.3) is 0 Å². The molecule has 0 aliphatic heterocycles. The second kappa shape index (κ2) is 9.59. The number of terminal acetylenes is 1. The average molecular weight is 388 g/mol. The maximum Gasteiger partial charge on any atom is 0.192 e. The third-order valence-corrected chi connectivity index (χ3v) is 9.70. The first-order valence-corrected chi connectivity index (χ1v) is 12.5. The molecule has 0 heterocycles. The number of hydrogen-bond acceptors (Lipinski definition) is 3. The standard InChI is InChI=1S/C23H37NO2Si/c1-10-14-19-15-12-13-16-21(19)25-18-20(17-24-23(6,7)11-2)26-27(8,9)22(3,4)5/h2,10,12-13,15-16,20,24H,1,14,17-18H2,3-9H3. The predicted octanol–water partition coefficient (Wildman–Crippen LogP) is 5.19. The molecule has 0 fully saturated rings. The molecule has 1 aromatic carbocycles. The molecule has 4 heteroatoms. The van der Waals surface area contributed by atoms with Gasteiger partial charge in [-0.25, -0.2) is 0 Å². The van der Waals surface area contributed by atoms with Crippen LogP contribution in [-0.4, -0.2) is 33.1 Å². The van der Waals surface area contributed by atoms with Crippen molar-refractivity contribution in [2.45, 2.75) is 70.8 Å². The van der Waals surface area contributed by atoms with Crippen molar-refractivity contribution in [1.29, 1.82) is 0 Å². The van der Waals surface area contributed by atoms with Gasteiger partial charge in [-0.1, -0.05) is 51.0 Å². The summed E-state index contributed by atoms with van der Waals surface area (Å²) in [6.07, 6.45) is 8.22. The topological polar surface area (TPSA) is 30.5 Å². The highest BCUT2D eigenvalue weighted by Gasteiger charge is 2.39. The summed E-state index contributed by atoms with van der Waals surface area (Å²) >= 11 is 0. The smallest absolute Gasteiger partial charge is 0.192 e. The van der Waals surface area contributed by atoms with Crippen molar-refractivity contribution in [2.75, 3.05) is 13.2 Å². The van der Waals surface area contributed by atoms with Gasteiger partial charge in [0.1, 0.15) is 12.4 Å². The number of allylic oxidation sites excluding steroid dienone is 1. The van der Waals surface area contributed by atoms with E-state index in [1.807, 2.05) is 38.1 Å². The molecule has 150 valence electrons. The van der Waals surface area contributed by atoms with Gasteiger partial charge < -0.3 is 9.16 Å². The number of benzene rings is 1. The van der Waals surface area contributed by atoms with Crippen molar-refractivity contribution in [3.8, 4) is 18.1 Å².